The Morgan fingerprint density at radius 2 is 1.50 bits per heavy atom. The number of rotatable bonds is 12. The summed E-state index contributed by atoms with van der Waals surface area (Å²) in [5.41, 5.74) is 2.03. The Balaban J connectivity index is 1.61. The summed E-state index contributed by atoms with van der Waals surface area (Å²) in [6, 6.07) is 18.1. The molecule has 8 heteroatoms. The third-order valence-electron chi connectivity index (χ3n) is 4.73. The highest BCUT2D eigenvalue weighted by atomic mass is 16.5. The molecule has 3 amide bonds. The van der Waals surface area contributed by atoms with Crippen molar-refractivity contribution >= 4 is 18.1 Å². The summed E-state index contributed by atoms with van der Waals surface area (Å²) in [6.45, 7) is 1.07. The normalized spacial score (nSPS) is 11.2. The molecule has 2 rings (SSSR count). The van der Waals surface area contributed by atoms with Crippen molar-refractivity contribution in [3.05, 3.63) is 71.8 Å². The van der Waals surface area contributed by atoms with Crippen LogP contribution in [0.25, 0.3) is 0 Å². The van der Waals surface area contributed by atoms with Crippen molar-refractivity contribution in [2.75, 3.05) is 20.2 Å². The van der Waals surface area contributed by atoms with Crippen molar-refractivity contribution in [2.24, 2.45) is 0 Å². The molecule has 2 aromatic carbocycles. The predicted molar refractivity (Wildman–Crippen MR) is 121 cm³/mol. The molecule has 0 saturated carbocycles. The molecule has 0 unspecified atom stereocenters. The van der Waals surface area contributed by atoms with Crippen LogP contribution in [-0.4, -0.2) is 44.3 Å². The molecule has 172 valence electrons. The van der Waals surface area contributed by atoms with Gasteiger partial charge in [0, 0.05) is 13.1 Å². The molecule has 0 radical (unpaired) electrons. The molecular weight excluding hydrogens is 410 g/mol. The lowest BCUT2D eigenvalue weighted by Gasteiger charge is -2.17. The van der Waals surface area contributed by atoms with Crippen LogP contribution in [0.4, 0.5) is 9.59 Å². The van der Waals surface area contributed by atoms with Gasteiger partial charge in [-0.3, -0.25) is 0 Å². The van der Waals surface area contributed by atoms with Gasteiger partial charge in [-0.25, -0.2) is 14.4 Å². The molecular formula is C24H31N3O5. The summed E-state index contributed by atoms with van der Waals surface area (Å²) in [6.07, 6.45) is 1.85. The molecule has 0 aromatic heterocycles. The number of ether oxygens (including phenoxy) is 2. The number of nitrogens with one attached hydrogen (secondary N) is 3. The van der Waals surface area contributed by atoms with Gasteiger partial charge in [-0.2, -0.15) is 0 Å². The molecule has 0 aliphatic carbocycles. The summed E-state index contributed by atoms with van der Waals surface area (Å²) in [7, 11) is 1.29. The molecule has 0 saturated heterocycles. The van der Waals surface area contributed by atoms with Crippen LogP contribution in [0.2, 0.25) is 0 Å². The van der Waals surface area contributed by atoms with Gasteiger partial charge in [0.2, 0.25) is 0 Å². The summed E-state index contributed by atoms with van der Waals surface area (Å²) in [4.78, 5) is 35.9. The van der Waals surface area contributed by atoms with E-state index in [1.165, 1.54) is 7.11 Å². The van der Waals surface area contributed by atoms with E-state index in [2.05, 4.69) is 16.0 Å². The maximum absolute atomic E-state index is 12.1. The van der Waals surface area contributed by atoms with Crippen LogP contribution in [-0.2, 0) is 27.3 Å². The van der Waals surface area contributed by atoms with E-state index in [-0.39, 0.29) is 6.61 Å². The largest absolute Gasteiger partial charge is 0.467 e. The van der Waals surface area contributed by atoms with E-state index in [4.69, 9.17) is 9.47 Å². The third-order valence-corrected chi connectivity index (χ3v) is 4.73. The van der Waals surface area contributed by atoms with E-state index >= 15 is 0 Å². The van der Waals surface area contributed by atoms with Crippen LogP contribution in [0.1, 0.15) is 30.4 Å². The van der Waals surface area contributed by atoms with Crippen LogP contribution >= 0.6 is 0 Å². The van der Waals surface area contributed by atoms with Gasteiger partial charge in [-0.1, -0.05) is 60.7 Å². The third kappa shape index (κ3) is 9.97. The smallest absolute Gasteiger partial charge is 0.407 e. The number of carbonyl (C=O) groups is 3. The molecule has 0 bridgehead atoms. The number of hydrogen-bond donors (Lipinski definition) is 3. The zero-order chi connectivity index (χ0) is 23.0. The zero-order valence-electron chi connectivity index (χ0n) is 18.3. The van der Waals surface area contributed by atoms with E-state index < -0.39 is 24.1 Å². The second kappa shape index (κ2) is 14.5. The van der Waals surface area contributed by atoms with Gasteiger partial charge in [0.05, 0.1) is 7.11 Å². The van der Waals surface area contributed by atoms with Crippen molar-refractivity contribution in [3.8, 4) is 0 Å². The molecule has 2 aromatic rings. The van der Waals surface area contributed by atoms with Gasteiger partial charge < -0.3 is 25.4 Å². The maximum Gasteiger partial charge on any atom is 0.407 e. The molecule has 32 heavy (non-hydrogen) atoms. The highest BCUT2D eigenvalue weighted by molar-refractivity contribution is 5.83. The van der Waals surface area contributed by atoms with Crippen molar-refractivity contribution in [1.82, 2.24) is 16.0 Å². The van der Waals surface area contributed by atoms with Crippen LogP contribution in [0.3, 0.4) is 0 Å². The summed E-state index contributed by atoms with van der Waals surface area (Å²) < 4.78 is 9.93. The van der Waals surface area contributed by atoms with Gasteiger partial charge >= 0.3 is 18.1 Å². The maximum atomic E-state index is 12.1. The number of urea groups is 1. The van der Waals surface area contributed by atoms with Gasteiger partial charge in [0.15, 0.2) is 0 Å². The number of amides is 3. The first kappa shape index (κ1) is 24.7. The fraction of sp³-hybridized carbons (Fsp3) is 0.375. The Labute approximate surface area is 188 Å². The van der Waals surface area contributed by atoms with Crippen molar-refractivity contribution < 1.29 is 23.9 Å². The topological polar surface area (TPSA) is 106 Å². The minimum atomic E-state index is -0.748. The fourth-order valence-corrected chi connectivity index (χ4v) is 3.00. The van der Waals surface area contributed by atoms with Gasteiger partial charge in [0.1, 0.15) is 12.6 Å². The van der Waals surface area contributed by atoms with E-state index in [9.17, 15) is 14.4 Å². The van der Waals surface area contributed by atoms with E-state index in [1.54, 1.807) is 0 Å². The fourth-order valence-electron chi connectivity index (χ4n) is 3.00. The van der Waals surface area contributed by atoms with Gasteiger partial charge in [0.25, 0.3) is 0 Å². The Morgan fingerprint density at radius 1 is 0.844 bits per heavy atom. The average molecular weight is 442 g/mol. The number of hydrogen-bond acceptors (Lipinski definition) is 5. The summed E-state index contributed by atoms with van der Waals surface area (Å²) >= 11 is 0. The van der Waals surface area contributed by atoms with Crippen molar-refractivity contribution in [1.29, 1.82) is 0 Å². The Bertz CT molecular complexity index is 830. The van der Waals surface area contributed by atoms with Crippen LogP contribution in [0, 0.1) is 0 Å². The van der Waals surface area contributed by atoms with Gasteiger partial charge in [-0.15, -0.1) is 0 Å². The first-order valence-electron chi connectivity index (χ1n) is 10.7. The van der Waals surface area contributed by atoms with Gasteiger partial charge in [-0.05, 0) is 36.8 Å². The molecule has 0 fully saturated rings. The molecule has 3 N–H and O–H groups in total. The van der Waals surface area contributed by atoms with E-state index in [0.717, 1.165) is 11.1 Å². The number of unbranched alkanes of at least 4 members (excludes halogenated alkanes) is 1. The lowest BCUT2D eigenvalue weighted by molar-refractivity contribution is -0.143. The van der Waals surface area contributed by atoms with Crippen LogP contribution in [0.5, 0.6) is 0 Å². The van der Waals surface area contributed by atoms with E-state index in [1.807, 2.05) is 60.7 Å². The quantitative estimate of drug-likeness (QED) is 0.347. The predicted octanol–water partition coefficient (Wildman–Crippen LogP) is 3.17. The molecule has 0 spiro atoms. The molecule has 0 heterocycles. The SMILES string of the molecule is COC(=O)[C@H](CCCCNC(=O)OCc1ccccc1)NC(=O)NCCc1ccccc1. The average Bonchev–Trinajstić information content (AvgIpc) is 2.82. The van der Waals surface area contributed by atoms with Crippen molar-refractivity contribution in [3.63, 3.8) is 0 Å². The zero-order valence-corrected chi connectivity index (χ0v) is 18.3. The number of benzene rings is 2. The van der Waals surface area contributed by atoms with E-state index in [0.29, 0.717) is 38.8 Å². The molecule has 0 aliphatic heterocycles. The van der Waals surface area contributed by atoms with Crippen LogP contribution in [0.15, 0.2) is 60.7 Å². The van der Waals surface area contributed by atoms with Crippen LogP contribution < -0.4 is 16.0 Å². The first-order valence-corrected chi connectivity index (χ1v) is 10.7. The Morgan fingerprint density at radius 3 is 2.16 bits per heavy atom. The Kier molecular flexibility index (Phi) is 11.2. The van der Waals surface area contributed by atoms with Crippen molar-refractivity contribution in [2.45, 2.75) is 38.3 Å². The Hall–Kier alpha value is -3.55. The highest BCUT2D eigenvalue weighted by Gasteiger charge is 2.20. The molecule has 0 aliphatic rings. The number of methoxy groups -OCH3 is 1. The summed E-state index contributed by atoms with van der Waals surface area (Å²) in [5, 5.41) is 8.09. The lowest BCUT2D eigenvalue weighted by atomic mass is 10.1. The number of esters is 1. The minimum Gasteiger partial charge on any atom is -0.467 e. The summed E-state index contributed by atoms with van der Waals surface area (Å²) in [5.74, 6) is -0.501. The standard InChI is InChI=1S/C24H31N3O5/c1-31-22(28)21(27-23(29)25-17-15-19-10-4-2-5-11-19)14-8-9-16-26-24(30)32-18-20-12-6-3-7-13-20/h2-7,10-13,21H,8-9,14-18H2,1H3,(H,26,30)(H2,25,27,29)/t21-/m0/s1. The second-order valence-electron chi connectivity index (χ2n) is 7.20. The molecule has 1 atom stereocenters. The first-order chi connectivity index (χ1) is 15.6. The lowest BCUT2D eigenvalue weighted by Crippen LogP contribution is -2.46. The monoisotopic (exact) mass is 441 g/mol. The highest BCUT2D eigenvalue weighted by Crippen LogP contribution is 2.04. The molecule has 8 nitrogen and oxygen atoms in total. The number of alkyl carbamates (subject to hydrolysis) is 1. The number of carbonyl (C=O) groups excluding carboxylic acids is 3. The minimum absolute atomic E-state index is 0.209. The second-order valence-corrected chi connectivity index (χ2v) is 7.20.